The Bertz CT molecular complexity index is 1360. The second-order valence-electron chi connectivity index (χ2n) is 11.9. The smallest absolute Gasteiger partial charge is 0.335 e. The number of hydrogen-bond donors (Lipinski definition) is 2. The molecule has 0 radical (unpaired) electrons. The summed E-state index contributed by atoms with van der Waals surface area (Å²) >= 11 is 0. The molecule has 6 rings (SSSR count). The number of aryl methyl sites for hydroxylation is 1. The number of ether oxygens (including phenoxy) is 2. The average molecular weight is 546 g/mol. The highest BCUT2D eigenvalue weighted by molar-refractivity contribution is 5.99. The molecule has 1 saturated heterocycles. The summed E-state index contributed by atoms with van der Waals surface area (Å²) in [6, 6.07) is 12.4. The van der Waals surface area contributed by atoms with Gasteiger partial charge in [-0.2, -0.15) is 0 Å². The number of carboxylic acid groups (broad SMARTS) is 1. The van der Waals surface area contributed by atoms with E-state index in [1.807, 2.05) is 19.2 Å². The Kier molecular flexibility index (Phi) is 8.15. The number of carbonyl (C=O) groups is 1. The van der Waals surface area contributed by atoms with Gasteiger partial charge >= 0.3 is 5.97 Å². The summed E-state index contributed by atoms with van der Waals surface area (Å²) in [6.07, 6.45) is 8.32. The van der Waals surface area contributed by atoms with Crippen LogP contribution in [0.3, 0.4) is 0 Å². The number of rotatable bonds is 8. The van der Waals surface area contributed by atoms with Crippen molar-refractivity contribution in [2.24, 2.45) is 0 Å². The summed E-state index contributed by atoms with van der Waals surface area (Å²) < 4.78 is 15.6. The van der Waals surface area contributed by atoms with Gasteiger partial charge in [-0.05, 0) is 81.4 Å². The first kappa shape index (κ1) is 27.3. The number of nitrogens with zero attached hydrogens (tertiary/aromatic N) is 2. The molecule has 1 aliphatic carbocycles. The van der Waals surface area contributed by atoms with Gasteiger partial charge in [0.2, 0.25) is 0 Å². The van der Waals surface area contributed by atoms with Gasteiger partial charge in [-0.1, -0.05) is 37.5 Å². The number of hydrogen-bond acceptors (Lipinski definition) is 5. The minimum atomic E-state index is -0.891. The van der Waals surface area contributed by atoms with E-state index in [0.29, 0.717) is 37.3 Å². The molecule has 7 heteroatoms. The first-order valence-corrected chi connectivity index (χ1v) is 15.2. The Morgan fingerprint density at radius 2 is 1.98 bits per heavy atom. The quantitative estimate of drug-likeness (QED) is 0.371. The zero-order valence-corrected chi connectivity index (χ0v) is 24.0. The van der Waals surface area contributed by atoms with E-state index in [9.17, 15) is 9.90 Å². The minimum absolute atomic E-state index is 0.137. The molecule has 0 bridgehead atoms. The SMILES string of the molecule is CNCCN1CCCC1CO[C@@H]1COc2cccc(C)c2-c2c(C3CCCCC3)c3ccc(C(=O)O)cc3n2C1. The Morgan fingerprint density at radius 1 is 1.12 bits per heavy atom. The lowest BCUT2D eigenvalue weighted by molar-refractivity contribution is -0.0138. The first-order valence-electron chi connectivity index (χ1n) is 15.2. The van der Waals surface area contributed by atoms with Crippen LogP contribution < -0.4 is 10.1 Å². The van der Waals surface area contributed by atoms with Crippen LogP contribution in [0.25, 0.3) is 22.2 Å². The van der Waals surface area contributed by atoms with Crippen molar-refractivity contribution >= 4 is 16.9 Å². The maximum Gasteiger partial charge on any atom is 0.335 e. The molecule has 3 aliphatic rings. The number of aromatic carboxylic acids is 1. The number of likely N-dealkylation sites (tertiary alicyclic amines) is 1. The number of fused-ring (bicyclic) bond motifs is 5. The predicted molar refractivity (Wildman–Crippen MR) is 159 cm³/mol. The molecular formula is C33H43N3O4. The molecule has 40 heavy (non-hydrogen) atoms. The van der Waals surface area contributed by atoms with E-state index in [0.717, 1.165) is 42.9 Å². The average Bonchev–Trinajstić information content (AvgIpc) is 3.53. The molecule has 2 N–H and O–H groups in total. The van der Waals surface area contributed by atoms with Crippen LogP contribution in [0.15, 0.2) is 36.4 Å². The molecule has 0 spiro atoms. The summed E-state index contributed by atoms with van der Waals surface area (Å²) in [5, 5.41) is 14.3. The van der Waals surface area contributed by atoms with E-state index in [1.165, 1.54) is 60.7 Å². The Balaban J connectivity index is 1.44. The molecular weight excluding hydrogens is 502 g/mol. The fourth-order valence-electron chi connectivity index (χ4n) is 7.26. The summed E-state index contributed by atoms with van der Waals surface area (Å²) in [5.41, 5.74) is 6.21. The number of benzene rings is 2. The van der Waals surface area contributed by atoms with Gasteiger partial charge in [0, 0.05) is 35.6 Å². The second kappa shape index (κ2) is 11.9. The first-order chi connectivity index (χ1) is 19.5. The molecule has 214 valence electrons. The van der Waals surface area contributed by atoms with Crippen LogP contribution >= 0.6 is 0 Å². The molecule has 2 atom stereocenters. The standard InChI is InChI=1S/C33H43N3O4/c1-22-8-6-12-29-30(22)32-31(23-9-4-3-5-10-23)27-14-13-24(33(37)38)18-28(27)36(32)19-26(21-40-29)39-20-25-11-7-16-35(25)17-15-34-2/h6,8,12-14,18,23,25-26,34H,3-5,7,9-11,15-17,19-21H2,1-2H3,(H,37,38)/t25?,26-/m0/s1. The fourth-order valence-corrected chi connectivity index (χ4v) is 7.26. The highest BCUT2D eigenvalue weighted by Crippen LogP contribution is 2.48. The highest BCUT2D eigenvalue weighted by Gasteiger charge is 2.32. The Hall–Kier alpha value is -2.87. The van der Waals surface area contributed by atoms with Gasteiger partial charge in [0.05, 0.1) is 24.4 Å². The minimum Gasteiger partial charge on any atom is -0.490 e. The van der Waals surface area contributed by atoms with Crippen molar-refractivity contribution in [2.45, 2.75) is 76.5 Å². The second-order valence-corrected chi connectivity index (χ2v) is 11.9. The zero-order valence-electron chi connectivity index (χ0n) is 24.0. The molecule has 2 aliphatic heterocycles. The summed E-state index contributed by atoms with van der Waals surface area (Å²) in [7, 11) is 2.00. The van der Waals surface area contributed by atoms with Crippen LogP contribution in [0.1, 0.15) is 72.3 Å². The van der Waals surface area contributed by atoms with E-state index in [1.54, 1.807) is 6.07 Å². The van der Waals surface area contributed by atoms with E-state index in [4.69, 9.17) is 9.47 Å². The van der Waals surface area contributed by atoms with Gasteiger partial charge in [0.25, 0.3) is 0 Å². The van der Waals surface area contributed by atoms with Crippen molar-refractivity contribution in [1.82, 2.24) is 14.8 Å². The van der Waals surface area contributed by atoms with Crippen molar-refractivity contribution < 1.29 is 19.4 Å². The van der Waals surface area contributed by atoms with E-state index in [2.05, 4.69) is 39.9 Å². The van der Waals surface area contributed by atoms with Crippen LogP contribution in [0, 0.1) is 6.92 Å². The Labute approximate surface area is 237 Å². The van der Waals surface area contributed by atoms with E-state index >= 15 is 0 Å². The van der Waals surface area contributed by atoms with Crippen LogP contribution in [-0.4, -0.2) is 72.6 Å². The molecule has 1 saturated carbocycles. The monoisotopic (exact) mass is 545 g/mol. The fraction of sp³-hybridized carbons (Fsp3) is 0.545. The third-order valence-corrected chi connectivity index (χ3v) is 9.32. The van der Waals surface area contributed by atoms with Crippen molar-refractivity contribution in [3.8, 4) is 17.0 Å². The van der Waals surface area contributed by atoms with Crippen molar-refractivity contribution in [3.05, 3.63) is 53.1 Å². The number of nitrogens with one attached hydrogen (secondary N) is 1. The molecule has 7 nitrogen and oxygen atoms in total. The normalized spacial score (nSPS) is 21.9. The van der Waals surface area contributed by atoms with Gasteiger partial charge in [0.15, 0.2) is 0 Å². The maximum atomic E-state index is 12.1. The maximum absolute atomic E-state index is 12.1. The van der Waals surface area contributed by atoms with Crippen LogP contribution in [0.5, 0.6) is 5.75 Å². The molecule has 2 aromatic carbocycles. The Morgan fingerprint density at radius 3 is 2.77 bits per heavy atom. The van der Waals surface area contributed by atoms with Gasteiger partial charge in [-0.3, -0.25) is 4.90 Å². The topological polar surface area (TPSA) is 76.0 Å². The van der Waals surface area contributed by atoms with Crippen molar-refractivity contribution in [1.29, 1.82) is 0 Å². The lowest BCUT2D eigenvalue weighted by atomic mass is 9.81. The lowest BCUT2D eigenvalue weighted by Crippen LogP contribution is -2.39. The number of likely N-dealkylation sites (N-methyl/N-ethyl adjacent to an activating group) is 1. The zero-order chi connectivity index (χ0) is 27.6. The number of aromatic nitrogens is 1. The molecule has 3 aromatic rings. The predicted octanol–water partition coefficient (Wildman–Crippen LogP) is 5.82. The molecule has 2 fully saturated rings. The van der Waals surface area contributed by atoms with Crippen molar-refractivity contribution in [3.63, 3.8) is 0 Å². The van der Waals surface area contributed by atoms with Gasteiger partial charge in [-0.25, -0.2) is 4.79 Å². The van der Waals surface area contributed by atoms with Gasteiger partial charge in [-0.15, -0.1) is 0 Å². The summed E-state index contributed by atoms with van der Waals surface area (Å²) in [4.78, 5) is 14.6. The molecule has 3 heterocycles. The lowest BCUT2D eigenvalue weighted by Gasteiger charge is -2.30. The van der Waals surface area contributed by atoms with Crippen LogP contribution in [0.2, 0.25) is 0 Å². The largest absolute Gasteiger partial charge is 0.490 e. The third kappa shape index (κ3) is 5.27. The van der Waals surface area contributed by atoms with Crippen molar-refractivity contribution in [2.75, 3.05) is 39.9 Å². The van der Waals surface area contributed by atoms with Gasteiger partial charge in [0.1, 0.15) is 18.5 Å². The molecule has 1 unspecified atom stereocenters. The number of carboxylic acids is 1. The molecule has 1 aromatic heterocycles. The van der Waals surface area contributed by atoms with Crippen LogP contribution in [-0.2, 0) is 11.3 Å². The van der Waals surface area contributed by atoms with E-state index < -0.39 is 5.97 Å². The highest BCUT2D eigenvalue weighted by atomic mass is 16.5. The third-order valence-electron chi connectivity index (χ3n) is 9.32. The summed E-state index contributed by atoms with van der Waals surface area (Å²) in [6.45, 7) is 7.09. The van der Waals surface area contributed by atoms with Crippen LogP contribution in [0.4, 0.5) is 0 Å². The summed E-state index contributed by atoms with van der Waals surface area (Å²) in [5.74, 6) is 0.455. The van der Waals surface area contributed by atoms with E-state index in [-0.39, 0.29) is 6.10 Å². The molecule has 0 amide bonds. The van der Waals surface area contributed by atoms with Gasteiger partial charge < -0.3 is 24.5 Å².